The van der Waals surface area contributed by atoms with Crippen molar-refractivity contribution in [2.45, 2.75) is 18.9 Å². The third-order valence-corrected chi connectivity index (χ3v) is 4.56. The summed E-state index contributed by atoms with van der Waals surface area (Å²) in [5.74, 6) is 0.909. The Bertz CT molecular complexity index is 430. The fourth-order valence-electron chi connectivity index (χ4n) is 2.82. The van der Waals surface area contributed by atoms with E-state index in [1.807, 2.05) is 12.1 Å². The lowest BCUT2D eigenvalue weighted by molar-refractivity contribution is 0.0161. The van der Waals surface area contributed by atoms with Crippen molar-refractivity contribution in [3.63, 3.8) is 0 Å². The first-order chi connectivity index (χ1) is 9.84. The standard InChI is InChI=1S/C16H23ClN2O/c17-15-4-2-1-3-14(15)16(12-18-11-13-5-6-13)19-7-9-20-10-8-19/h1-4,13,16,18H,5-12H2. The maximum Gasteiger partial charge on any atom is 0.0594 e. The molecule has 3 nitrogen and oxygen atoms in total. The highest BCUT2D eigenvalue weighted by atomic mass is 35.5. The van der Waals surface area contributed by atoms with Gasteiger partial charge in [-0.15, -0.1) is 0 Å². The molecule has 2 aliphatic rings. The Hall–Kier alpha value is -0.610. The molecule has 1 saturated heterocycles. The lowest BCUT2D eigenvalue weighted by Crippen LogP contribution is -2.43. The van der Waals surface area contributed by atoms with E-state index in [0.717, 1.165) is 50.3 Å². The normalized spacial score (nSPS) is 21.9. The highest BCUT2D eigenvalue weighted by Crippen LogP contribution is 2.30. The second-order valence-corrected chi connectivity index (χ2v) is 6.19. The molecule has 1 aromatic carbocycles. The molecular weight excluding hydrogens is 272 g/mol. The highest BCUT2D eigenvalue weighted by molar-refractivity contribution is 6.31. The summed E-state index contributed by atoms with van der Waals surface area (Å²) in [7, 11) is 0. The topological polar surface area (TPSA) is 24.5 Å². The zero-order chi connectivity index (χ0) is 13.8. The molecule has 1 aliphatic heterocycles. The summed E-state index contributed by atoms with van der Waals surface area (Å²) in [6.07, 6.45) is 2.78. The molecule has 1 saturated carbocycles. The average molecular weight is 295 g/mol. The minimum absolute atomic E-state index is 0.353. The van der Waals surface area contributed by atoms with Crippen molar-refractivity contribution in [2.24, 2.45) is 5.92 Å². The second kappa shape index (κ2) is 6.90. The van der Waals surface area contributed by atoms with Crippen LogP contribution in [-0.4, -0.2) is 44.3 Å². The van der Waals surface area contributed by atoms with Gasteiger partial charge in [-0.3, -0.25) is 4.90 Å². The molecule has 2 fully saturated rings. The molecule has 1 aliphatic carbocycles. The molecule has 0 spiro atoms. The predicted molar refractivity (Wildman–Crippen MR) is 82.2 cm³/mol. The fourth-order valence-corrected chi connectivity index (χ4v) is 3.08. The first-order valence-electron chi connectivity index (χ1n) is 7.61. The Morgan fingerprint density at radius 1 is 1.25 bits per heavy atom. The van der Waals surface area contributed by atoms with Crippen molar-refractivity contribution < 1.29 is 4.74 Å². The van der Waals surface area contributed by atoms with Crippen LogP contribution < -0.4 is 5.32 Å². The van der Waals surface area contributed by atoms with Crippen LogP contribution in [0.5, 0.6) is 0 Å². The smallest absolute Gasteiger partial charge is 0.0594 e. The Balaban J connectivity index is 1.69. The van der Waals surface area contributed by atoms with E-state index in [2.05, 4.69) is 22.3 Å². The minimum Gasteiger partial charge on any atom is -0.379 e. The molecule has 1 atom stereocenters. The second-order valence-electron chi connectivity index (χ2n) is 5.79. The van der Waals surface area contributed by atoms with Crippen LogP contribution in [0.3, 0.4) is 0 Å². The Kier molecular flexibility index (Phi) is 4.94. The molecule has 1 aromatic rings. The molecule has 1 unspecified atom stereocenters. The Morgan fingerprint density at radius 3 is 2.70 bits per heavy atom. The number of hydrogen-bond donors (Lipinski definition) is 1. The van der Waals surface area contributed by atoms with Crippen LogP contribution in [-0.2, 0) is 4.74 Å². The summed E-state index contributed by atoms with van der Waals surface area (Å²) in [4.78, 5) is 2.49. The Morgan fingerprint density at radius 2 is 2.00 bits per heavy atom. The van der Waals surface area contributed by atoms with Gasteiger partial charge in [0.2, 0.25) is 0 Å². The number of ether oxygens (including phenoxy) is 1. The largest absolute Gasteiger partial charge is 0.379 e. The first kappa shape index (κ1) is 14.3. The minimum atomic E-state index is 0.353. The lowest BCUT2D eigenvalue weighted by atomic mass is 10.0. The van der Waals surface area contributed by atoms with E-state index < -0.39 is 0 Å². The van der Waals surface area contributed by atoms with E-state index in [4.69, 9.17) is 16.3 Å². The summed E-state index contributed by atoms with van der Waals surface area (Å²) in [6.45, 7) is 5.74. The number of rotatable bonds is 6. The summed E-state index contributed by atoms with van der Waals surface area (Å²) >= 11 is 6.41. The van der Waals surface area contributed by atoms with Crippen molar-refractivity contribution in [2.75, 3.05) is 39.4 Å². The SMILES string of the molecule is Clc1ccccc1C(CNCC1CC1)N1CCOCC1. The predicted octanol–water partition coefficient (Wildman–Crippen LogP) is 2.71. The number of halogens is 1. The van der Waals surface area contributed by atoms with Gasteiger partial charge < -0.3 is 10.1 Å². The average Bonchev–Trinajstić information content (AvgIpc) is 3.30. The van der Waals surface area contributed by atoms with Crippen LogP contribution in [0.4, 0.5) is 0 Å². The number of hydrogen-bond acceptors (Lipinski definition) is 3. The maximum atomic E-state index is 6.41. The molecule has 0 aromatic heterocycles. The van der Waals surface area contributed by atoms with E-state index in [9.17, 15) is 0 Å². The van der Waals surface area contributed by atoms with Gasteiger partial charge in [0.25, 0.3) is 0 Å². The van der Waals surface area contributed by atoms with Crippen molar-refractivity contribution in [3.05, 3.63) is 34.9 Å². The van der Waals surface area contributed by atoms with Gasteiger partial charge in [0.05, 0.1) is 13.2 Å². The summed E-state index contributed by atoms with van der Waals surface area (Å²) in [5.41, 5.74) is 1.24. The summed E-state index contributed by atoms with van der Waals surface area (Å²) in [6, 6.07) is 8.58. The van der Waals surface area contributed by atoms with Crippen molar-refractivity contribution >= 4 is 11.6 Å². The van der Waals surface area contributed by atoms with Gasteiger partial charge in [0.15, 0.2) is 0 Å². The van der Waals surface area contributed by atoms with Gasteiger partial charge in [0.1, 0.15) is 0 Å². The molecule has 1 heterocycles. The molecule has 20 heavy (non-hydrogen) atoms. The summed E-state index contributed by atoms with van der Waals surface area (Å²) in [5, 5.41) is 4.50. The molecule has 0 bridgehead atoms. The molecule has 0 amide bonds. The number of morpholine rings is 1. The zero-order valence-corrected chi connectivity index (χ0v) is 12.6. The van der Waals surface area contributed by atoms with Crippen LogP contribution in [0.2, 0.25) is 5.02 Å². The van der Waals surface area contributed by atoms with E-state index in [1.165, 1.54) is 18.4 Å². The van der Waals surface area contributed by atoms with Gasteiger partial charge in [0, 0.05) is 30.7 Å². The van der Waals surface area contributed by atoms with Gasteiger partial charge in [-0.25, -0.2) is 0 Å². The maximum absolute atomic E-state index is 6.41. The number of nitrogens with zero attached hydrogens (tertiary/aromatic N) is 1. The molecule has 4 heteroatoms. The van der Waals surface area contributed by atoms with Gasteiger partial charge in [-0.1, -0.05) is 29.8 Å². The first-order valence-corrected chi connectivity index (χ1v) is 7.99. The van der Waals surface area contributed by atoms with Gasteiger partial charge in [-0.2, -0.15) is 0 Å². The molecule has 1 N–H and O–H groups in total. The van der Waals surface area contributed by atoms with Gasteiger partial charge >= 0.3 is 0 Å². The van der Waals surface area contributed by atoms with Crippen LogP contribution in [0.1, 0.15) is 24.4 Å². The lowest BCUT2D eigenvalue weighted by Gasteiger charge is -2.35. The number of nitrogens with one attached hydrogen (secondary N) is 1. The quantitative estimate of drug-likeness (QED) is 0.873. The third kappa shape index (κ3) is 3.73. The molecule has 0 radical (unpaired) electrons. The molecular formula is C16H23ClN2O. The van der Waals surface area contributed by atoms with Crippen molar-refractivity contribution in [3.8, 4) is 0 Å². The van der Waals surface area contributed by atoms with Crippen molar-refractivity contribution in [1.82, 2.24) is 10.2 Å². The van der Waals surface area contributed by atoms with Crippen LogP contribution in [0.25, 0.3) is 0 Å². The Labute approximate surface area is 126 Å². The van der Waals surface area contributed by atoms with Gasteiger partial charge in [-0.05, 0) is 36.9 Å². The van der Waals surface area contributed by atoms with Crippen LogP contribution >= 0.6 is 11.6 Å². The van der Waals surface area contributed by atoms with Crippen LogP contribution in [0, 0.1) is 5.92 Å². The third-order valence-electron chi connectivity index (χ3n) is 4.22. The van der Waals surface area contributed by atoms with E-state index >= 15 is 0 Å². The molecule has 3 rings (SSSR count). The monoisotopic (exact) mass is 294 g/mol. The fraction of sp³-hybridized carbons (Fsp3) is 0.625. The number of benzene rings is 1. The van der Waals surface area contributed by atoms with E-state index in [-0.39, 0.29) is 0 Å². The van der Waals surface area contributed by atoms with Crippen molar-refractivity contribution in [1.29, 1.82) is 0 Å². The zero-order valence-electron chi connectivity index (χ0n) is 11.9. The summed E-state index contributed by atoms with van der Waals surface area (Å²) < 4.78 is 5.47. The molecule has 110 valence electrons. The highest BCUT2D eigenvalue weighted by Gasteiger charge is 2.25. The van der Waals surface area contributed by atoms with E-state index in [0.29, 0.717) is 6.04 Å². The van der Waals surface area contributed by atoms with E-state index in [1.54, 1.807) is 0 Å². The van der Waals surface area contributed by atoms with Crippen LogP contribution in [0.15, 0.2) is 24.3 Å².